The van der Waals surface area contributed by atoms with Gasteiger partial charge >= 0.3 is 17.9 Å². The Balaban J connectivity index is 4.36. The largest absolute Gasteiger partial charge is 0.462 e. The maximum absolute atomic E-state index is 12.8. The molecule has 0 N–H and O–H groups in total. The summed E-state index contributed by atoms with van der Waals surface area (Å²) in [5, 5.41) is 0. The molecule has 6 nitrogen and oxygen atoms in total. The van der Waals surface area contributed by atoms with E-state index in [4.69, 9.17) is 14.2 Å². The molecule has 0 fully saturated rings. The van der Waals surface area contributed by atoms with Crippen LogP contribution in [0.1, 0.15) is 284 Å². The van der Waals surface area contributed by atoms with Gasteiger partial charge in [-0.1, -0.05) is 231 Å². The van der Waals surface area contributed by atoms with Crippen molar-refractivity contribution in [1.82, 2.24) is 0 Å². The fraction of sp³-hybridized carbons (Fsp3) is 0.839. The summed E-state index contributed by atoms with van der Waals surface area (Å²) in [6.07, 6.45) is 59.8. The molecule has 0 rings (SSSR count). The van der Waals surface area contributed by atoms with Crippen molar-refractivity contribution < 1.29 is 28.6 Å². The van der Waals surface area contributed by atoms with Crippen molar-refractivity contribution in [1.29, 1.82) is 0 Å². The van der Waals surface area contributed by atoms with E-state index in [1.807, 2.05) is 0 Å². The summed E-state index contributed by atoms with van der Waals surface area (Å²) in [6, 6.07) is 0. The fourth-order valence-corrected chi connectivity index (χ4v) is 7.75. The number of allylic oxidation sites excluding steroid dienone is 6. The molecule has 0 saturated heterocycles. The van der Waals surface area contributed by atoms with E-state index in [0.29, 0.717) is 19.3 Å². The minimum Gasteiger partial charge on any atom is -0.462 e. The Morgan fingerprint density at radius 3 is 0.952 bits per heavy atom. The van der Waals surface area contributed by atoms with Crippen molar-refractivity contribution in [2.24, 2.45) is 0 Å². The minimum absolute atomic E-state index is 0.0761. The van der Waals surface area contributed by atoms with E-state index in [0.717, 1.165) is 83.5 Å². The van der Waals surface area contributed by atoms with Crippen LogP contribution >= 0.6 is 0 Å². The second kappa shape index (κ2) is 51.3. The molecule has 0 radical (unpaired) electrons. The molecule has 0 heterocycles. The van der Waals surface area contributed by atoms with Gasteiger partial charge in [-0.25, -0.2) is 0 Å². The van der Waals surface area contributed by atoms with E-state index >= 15 is 0 Å². The summed E-state index contributed by atoms with van der Waals surface area (Å²) in [5.41, 5.74) is 0. The van der Waals surface area contributed by atoms with Gasteiger partial charge in [-0.2, -0.15) is 0 Å². The first-order valence-corrected chi connectivity index (χ1v) is 27.0. The summed E-state index contributed by atoms with van der Waals surface area (Å²) in [5.74, 6) is -0.883. The van der Waals surface area contributed by atoms with Crippen LogP contribution in [0, 0.1) is 0 Å². The van der Waals surface area contributed by atoms with Gasteiger partial charge in [0, 0.05) is 19.3 Å². The normalized spacial score (nSPS) is 12.2. The van der Waals surface area contributed by atoms with Crippen molar-refractivity contribution in [3.63, 3.8) is 0 Å². The lowest BCUT2D eigenvalue weighted by Gasteiger charge is -2.18. The van der Waals surface area contributed by atoms with Gasteiger partial charge in [0.05, 0.1) is 0 Å². The van der Waals surface area contributed by atoms with Crippen LogP contribution in [0.2, 0.25) is 0 Å². The molecule has 0 amide bonds. The van der Waals surface area contributed by atoms with Crippen LogP contribution < -0.4 is 0 Å². The maximum Gasteiger partial charge on any atom is 0.306 e. The zero-order valence-corrected chi connectivity index (χ0v) is 41.4. The number of hydrogen-bond acceptors (Lipinski definition) is 6. The van der Waals surface area contributed by atoms with Crippen LogP contribution in [0.25, 0.3) is 0 Å². The number of unbranched alkanes of at least 4 members (excludes halogenated alkanes) is 32. The van der Waals surface area contributed by atoms with Crippen LogP contribution in [0.3, 0.4) is 0 Å². The molecule has 0 aliphatic carbocycles. The van der Waals surface area contributed by atoms with Crippen LogP contribution in [0.15, 0.2) is 36.5 Å². The Bertz CT molecular complexity index is 1050. The summed E-state index contributed by atoms with van der Waals surface area (Å²) >= 11 is 0. The molecular formula is C56H102O6. The van der Waals surface area contributed by atoms with Crippen molar-refractivity contribution in [3.05, 3.63) is 36.5 Å². The zero-order chi connectivity index (χ0) is 45.1. The van der Waals surface area contributed by atoms with Crippen molar-refractivity contribution >= 4 is 17.9 Å². The predicted molar refractivity (Wildman–Crippen MR) is 266 cm³/mol. The molecular weight excluding hydrogens is 769 g/mol. The fourth-order valence-electron chi connectivity index (χ4n) is 7.75. The number of esters is 3. The molecule has 0 aromatic carbocycles. The lowest BCUT2D eigenvalue weighted by Crippen LogP contribution is -2.30. The Hall–Kier alpha value is -2.37. The first-order chi connectivity index (χ1) is 30.5. The van der Waals surface area contributed by atoms with E-state index in [2.05, 4.69) is 57.2 Å². The van der Waals surface area contributed by atoms with E-state index in [-0.39, 0.29) is 31.1 Å². The molecule has 6 heteroatoms. The Morgan fingerprint density at radius 2 is 0.597 bits per heavy atom. The number of rotatable bonds is 49. The van der Waals surface area contributed by atoms with Crippen LogP contribution in [-0.2, 0) is 28.6 Å². The smallest absolute Gasteiger partial charge is 0.306 e. The molecule has 362 valence electrons. The van der Waals surface area contributed by atoms with Crippen molar-refractivity contribution in [3.8, 4) is 0 Å². The number of hydrogen-bond donors (Lipinski definition) is 0. The summed E-state index contributed by atoms with van der Waals surface area (Å²) in [6.45, 7) is 6.60. The first-order valence-electron chi connectivity index (χ1n) is 27.0. The highest BCUT2D eigenvalue weighted by molar-refractivity contribution is 5.71. The van der Waals surface area contributed by atoms with Gasteiger partial charge in [0.2, 0.25) is 0 Å². The highest BCUT2D eigenvalue weighted by Crippen LogP contribution is 2.15. The highest BCUT2D eigenvalue weighted by Gasteiger charge is 2.19. The minimum atomic E-state index is -0.777. The molecule has 0 aromatic heterocycles. The molecule has 0 spiro atoms. The molecule has 0 unspecified atom stereocenters. The van der Waals surface area contributed by atoms with Gasteiger partial charge in [-0.3, -0.25) is 14.4 Å². The number of carbonyl (C=O) groups is 3. The summed E-state index contributed by atoms with van der Waals surface area (Å²) < 4.78 is 16.8. The molecule has 0 aliphatic rings. The molecule has 0 bridgehead atoms. The van der Waals surface area contributed by atoms with Crippen molar-refractivity contribution in [2.45, 2.75) is 290 Å². The predicted octanol–water partition coefficient (Wildman–Crippen LogP) is 17.7. The summed E-state index contributed by atoms with van der Waals surface area (Å²) in [7, 11) is 0. The quantitative estimate of drug-likeness (QED) is 0.0262. The standard InChI is InChI=1S/C56H102O6/c1-4-7-10-13-16-19-22-25-27-28-29-32-34-37-40-43-46-49-55(58)61-52-53(51-60-54(57)48-45-42-39-36-33-30-24-21-18-15-12-9-6-3)62-56(59)50-47-44-41-38-35-31-26-23-20-17-14-11-8-5-2/h14,17,23,25-27,53H,4-13,15-16,18-22,24,28-52H2,1-3H3/b17-14+,26-23+,27-25+/t53-/m1/s1. The van der Waals surface area contributed by atoms with Gasteiger partial charge in [0.1, 0.15) is 13.2 Å². The SMILES string of the molecule is CCCC/C=C/C/C=C/CCCCCCCC(=O)O[C@@H](COC(=O)CCCCCCCCC/C=C/CCCCCCCC)COC(=O)CCCCCCCCCCCCCCC. The van der Waals surface area contributed by atoms with E-state index in [1.165, 1.54) is 161 Å². The average Bonchev–Trinajstić information content (AvgIpc) is 3.27. The Morgan fingerprint density at radius 1 is 0.323 bits per heavy atom. The lowest BCUT2D eigenvalue weighted by molar-refractivity contribution is -0.167. The van der Waals surface area contributed by atoms with Gasteiger partial charge in [-0.05, 0) is 70.6 Å². The van der Waals surface area contributed by atoms with Crippen LogP contribution in [-0.4, -0.2) is 37.2 Å². The van der Waals surface area contributed by atoms with Crippen LogP contribution in [0.5, 0.6) is 0 Å². The van der Waals surface area contributed by atoms with Gasteiger partial charge < -0.3 is 14.2 Å². The van der Waals surface area contributed by atoms with E-state index < -0.39 is 6.10 Å². The number of carbonyl (C=O) groups excluding carboxylic acids is 3. The lowest BCUT2D eigenvalue weighted by atomic mass is 10.0. The molecule has 0 saturated carbocycles. The third-order valence-corrected chi connectivity index (χ3v) is 11.9. The van der Waals surface area contributed by atoms with Crippen molar-refractivity contribution in [2.75, 3.05) is 13.2 Å². The average molecular weight is 871 g/mol. The Kier molecular flexibility index (Phi) is 49.3. The highest BCUT2D eigenvalue weighted by atomic mass is 16.6. The molecule has 62 heavy (non-hydrogen) atoms. The van der Waals surface area contributed by atoms with E-state index in [9.17, 15) is 14.4 Å². The monoisotopic (exact) mass is 871 g/mol. The van der Waals surface area contributed by atoms with Gasteiger partial charge in [-0.15, -0.1) is 0 Å². The third-order valence-electron chi connectivity index (χ3n) is 11.9. The second-order valence-corrected chi connectivity index (χ2v) is 18.1. The molecule has 0 aromatic rings. The third kappa shape index (κ3) is 48.7. The Labute approximate surface area is 385 Å². The van der Waals surface area contributed by atoms with Gasteiger partial charge in [0.25, 0.3) is 0 Å². The molecule has 1 atom stereocenters. The first kappa shape index (κ1) is 59.6. The van der Waals surface area contributed by atoms with E-state index in [1.54, 1.807) is 0 Å². The zero-order valence-electron chi connectivity index (χ0n) is 41.4. The molecule has 0 aliphatic heterocycles. The topological polar surface area (TPSA) is 78.9 Å². The van der Waals surface area contributed by atoms with Crippen LogP contribution in [0.4, 0.5) is 0 Å². The van der Waals surface area contributed by atoms with Gasteiger partial charge in [0.15, 0.2) is 6.10 Å². The number of ether oxygens (including phenoxy) is 3. The maximum atomic E-state index is 12.8. The second-order valence-electron chi connectivity index (χ2n) is 18.1. The summed E-state index contributed by atoms with van der Waals surface area (Å²) in [4.78, 5) is 38.0.